The lowest BCUT2D eigenvalue weighted by atomic mass is 10.0. The predicted octanol–water partition coefficient (Wildman–Crippen LogP) is 15.5. The van der Waals surface area contributed by atoms with E-state index in [1.54, 1.807) is 6.08 Å². The molecule has 0 rings (SSSR count). The third-order valence-corrected chi connectivity index (χ3v) is 12.0. The predicted molar refractivity (Wildman–Crippen MR) is 255 cm³/mol. The van der Waals surface area contributed by atoms with Crippen molar-refractivity contribution < 1.29 is 24.5 Å². The number of rotatable bonds is 48. The second-order valence-corrected chi connectivity index (χ2v) is 17.9. The zero-order valence-corrected chi connectivity index (χ0v) is 39.5. The smallest absolute Gasteiger partial charge is 0.305 e. The molecule has 348 valence electrons. The number of nitrogens with one attached hydrogen (secondary N) is 1. The highest BCUT2D eigenvalue weighted by atomic mass is 16.5. The number of aliphatic hydroxyl groups excluding tert-OH is 2. The first kappa shape index (κ1) is 57.3. The number of unbranched alkanes of at least 4 members (excludes halogenated alkanes) is 35. The van der Waals surface area contributed by atoms with Gasteiger partial charge in [-0.3, -0.25) is 9.59 Å². The van der Waals surface area contributed by atoms with Gasteiger partial charge in [-0.2, -0.15) is 0 Å². The van der Waals surface area contributed by atoms with Gasteiger partial charge >= 0.3 is 5.97 Å². The highest BCUT2D eigenvalue weighted by Crippen LogP contribution is 2.16. The molecule has 0 bridgehead atoms. The van der Waals surface area contributed by atoms with E-state index in [2.05, 4.69) is 31.3 Å². The Balaban J connectivity index is 3.53. The Morgan fingerprint density at radius 2 is 0.797 bits per heavy atom. The molecule has 0 aliphatic carbocycles. The topological polar surface area (TPSA) is 95.9 Å². The third-order valence-electron chi connectivity index (χ3n) is 12.0. The number of carbonyl (C=O) groups is 2. The Kier molecular flexibility index (Phi) is 47.6. The van der Waals surface area contributed by atoms with E-state index in [0.29, 0.717) is 19.4 Å². The van der Waals surface area contributed by atoms with Crippen molar-refractivity contribution in [3.8, 4) is 0 Å². The lowest BCUT2D eigenvalue weighted by molar-refractivity contribution is -0.143. The van der Waals surface area contributed by atoms with Gasteiger partial charge in [0.05, 0.1) is 25.4 Å². The molecule has 0 aromatic carbocycles. The summed E-state index contributed by atoms with van der Waals surface area (Å²) < 4.78 is 5.45. The summed E-state index contributed by atoms with van der Waals surface area (Å²) in [7, 11) is 0. The van der Waals surface area contributed by atoms with E-state index in [0.717, 1.165) is 57.8 Å². The Bertz CT molecular complexity index is 920. The molecule has 0 fully saturated rings. The van der Waals surface area contributed by atoms with Crippen LogP contribution in [0, 0.1) is 0 Å². The van der Waals surface area contributed by atoms with E-state index in [4.69, 9.17) is 4.74 Å². The Labute approximate surface area is 367 Å². The van der Waals surface area contributed by atoms with Crippen LogP contribution in [0.25, 0.3) is 0 Å². The normalized spacial score (nSPS) is 12.8. The lowest BCUT2D eigenvalue weighted by Gasteiger charge is -2.20. The van der Waals surface area contributed by atoms with Gasteiger partial charge in [-0.25, -0.2) is 0 Å². The van der Waals surface area contributed by atoms with E-state index in [1.165, 1.54) is 193 Å². The van der Waals surface area contributed by atoms with Crippen LogP contribution in [0.15, 0.2) is 24.3 Å². The summed E-state index contributed by atoms with van der Waals surface area (Å²) >= 11 is 0. The molecule has 6 heteroatoms. The first-order chi connectivity index (χ1) is 29.0. The number of hydrogen-bond acceptors (Lipinski definition) is 5. The van der Waals surface area contributed by atoms with Gasteiger partial charge in [0.25, 0.3) is 0 Å². The number of hydrogen-bond donors (Lipinski definition) is 3. The van der Waals surface area contributed by atoms with Crippen molar-refractivity contribution in [3.05, 3.63) is 24.3 Å². The summed E-state index contributed by atoms with van der Waals surface area (Å²) in [6.45, 7) is 4.84. The average molecular weight is 832 g/mol. The molecule has 6 nitrogen and oxygen atoms in total. The van der Waals surface area contributed by atoms with Crippen LogP contribution in [-0.4, -0.2) is 47.4 Å². The fourth-order valence-corrected chi connectivity index (χ4v) is 7.92. The molecule has 0 spiro atoms. The highest BCUT2D eigenvalue weighted by Gasteiger charge is 2.18. The van der Waals surface area contributed by atoms with Crippen LogP contribution in [0.4, 0.5) is 0 Å². The largest absolute Gasteiger partial charge is 0.466 e. The van der Waals surface area contributed by atoms with Crippen molar-refractivity contribution in [3.63, 3.8) is 0 Å². The second kappa shape index (κ2) is 49.0. The summed E-state index contributed by atoms with van der Waals surface area (Å²) in [5.41, 5.74) is 0. The molecule has 0 radical (unpaired) electrons. The summed E-state index contributed by atoms with van der Waals surface area (Å²) in [6.07, 6.45) is 57.4. The Hall–Kier alpha value is -1.66. The summed E-state index contributed by atoms with van der Waals surface area (Å²) in [6, 6.07) is -0.648. The molecule has 2 unspecified atom stereocenters. The number of carbonyl (C=O) groups excluding carboxylic acids is 2. The molecule has 0 saturated carbocycles. The van der Waals surface area contributed by atoms with Gasteiger partial charge in [0, 0.05) is 12.8 Å². The number of aliphatic hydroxyl groups is 2. The monoisotopic (exact) mass is 832 g/mol. The molecule has 1 amide bonds. The highest BCUT2D eigenvalue weighted by molar-refractivity contribution is 5.76. The van der Waals surface area contributed by atoms with Crippen molar-refractivity contribution in [1.82, 2.24) is 5.32 Å². The standard InChI is InChI=1S/C53H101NO5/c1-3-5-7-9-11-13-15-17-19-21-22-24-26-29-33-37-41-45-51(56)50(49-55)54-52(57)46-42-38-34-30-28-32-36-40-44-48-59-53(58)47-43-39-35-31-27-25-23-20-18-16-14-12-10-8-6-4-2/h20,23,41,45,50-51,55-56H,3-19,21-22,24-40,42-44,46-49H2,1-2H3,(H,54,57)/b23-20-,45-41+. The molecule has 0 aliphatic rings. The first-order valence-corrected chi connectivity index (χ1v) is 26.1. The summed E-state index contributed by atoms with van der Waals surface area (Å²) in [4.78, 5) is 24.5. The molecule has 0 heterocycles. The first-order valence-electron chi connectivity index (χ1n) is 26.1. The van der Waals surface area contributed by atoms with Crippen LogP contribution < -0.4 is 5.32 Å². The van der Waals surface area contributed by atoms with Crippen LogP contribution in [0.1, 0.15) is 277 Å². The van der Waals surface area contributed by atoms with E-state index < -0.39 is 12.1 Å². The fraction of sp³-hybridized carbons (Fsp3) is 0.887. The number of allylic oxidation sites excluding steroid dienone is 3. The van der Waals surface area contributed by atoms with Gasteiger partial charge in [-0.1, -0.05) is 231 Å². The molecule has 0 aromatic rings. The molecular weight excluding hydrogens is 731 g/mol. The Morgan fingerprint density at radius 3 is 1.20 bits per heavy atom. The van der Waals surface area contributed by atoms with Gasteiger partial charge in [0.1, 0.15) is 0 Å². The van der Waals surface area contributed by atoms with Crippen molar-refractivity contribution in [2.45, 2.75) is 289 Å². The molecule has 2 atom stereocenters. The fourth-order valence-electron chi connectivity index (χ4n) is 7.92. The van der Waals surface area contributed by atoms with Crippen molar-refractivity contribution >= 4 is 11.9 Å². The summed E-state index contributed by atoms with van der Waals surface area (Å²) in [5, 5.41) is 23.1. The molecular formula is C53H101NO5. The van der Waals surface area contributed by atoms with E-state index >= 15 is 0 Å². The maximum atomic E-state index is 12.4. The summed E-state index contributed by atoms with van der Waals surface area (Å²) in [5.74, 6) is -0.130. The van der Waals surface area contributed by atoms with E-state index in [9.17, 15) is 19.8 Å². The van der Waals surface area contributed by atoms with Gasteiger partial charge in [-0.05, 0) is 57.8 Å². The number of esters is 1. The van der Waals surface area contributed by atoms with Crippen molar-refractivity contribution in [2.24, 2.45) is 0 Å². The minimum Gasteiger partial charge on any atom is -0.466 e. The minimum atomic E-state index is -0.862. The van der Waals surface area contributed by atoms with Crippen LogP contribution in [0.5, 0.6) is 0 Å². The van der Waals surface area contributed by atoms with Crippen LogP contribution in [-0.2, 0) is 14.3 Å². The zero-order valence-electron chi connectivity index (χ0n) is 39.5. The SMILES string of the molecule is CCCCCCCCC/C=C\CCCCCCCC(=O)OCCCCCCCCCCCC(=O)NC(CO)C(O)/C=C/CCCCCCCCCCCCCCCCC. The van der Waals surface area contributed by atoms with Gasteiger partial charge < -0.3 is 20.3 Å². The van der Waals surface area contributed by atoms with E-state index in [1.807, 2.05) is 6.08 Å². The van der Waals surface area contributed by atoms with Crippen LogP contribution in [0.3, 0.4) is 0 Å². The average Bonchev–Trinajstić information content (AvgIpc) is 3.24. The molecule has 0 aromatic heterocycles. The number of ether oxygens (including phenoxy) is 1. The van der Waals surface area contributed by atoms with Crippen molar-refractivity contribution in [2.75, 3.05) is 13.2 Å². The molecule has 0 saturated heterocycles. The van der Waals surface area contributed by atoms with Gasteiger partial charge in [-0.15, -0.1) is 0 Å². The number of amides is 1. The molecule has 3 N–H and O–H groups in total. The molecule has 59 heavy (non-hydrogen) atoms. The lowest BCUT2D eigenvalue weighted by Crippen LogP contribution is -2.45. The minimum absolute atomic E-state index is 0.0346. The maximum Gasteiger partial charge on any atom is 0.305 e. The zero-order chi connectivity index (χ0) is 43.0. The maximum absolute atomic E-state index is 12.4. The van der Waals surface area contributed by atoms with Gasteiger partial charge in [0.15, 0.2) is 0 Å². The quantitative estimate of drug-likeness (QED) is 0.0322. The second-order valence-electron chi connectivity index (χ2n) is 17.9. The van der Waals surface area contributed by atoms with E-state index in [-0.39, 0.29) is 18.5 Å². The van der Waals surface area contributed by atoms with Crippen LogP contribution >= 0.6 is 0 Å². The Morgan fingerprint density at radius 1 is 0.458 bits per heavy atom. The van der Waals surface area contributed by atoms with Crippen LogP contribution in [0.2, 0.25) is 0 Å². The third kappa shape index (κ3) is 45.7. The molecule has 0 aliphatic heterocycles. The van der Waals surface area contributed by atoms with Crippen molar-refractivity contribution in [1.29, 1.82) is 0 Å². The van der Waals surface area contributed by atoms with Gasteiger partial charge in [0.2, 0.25) is 5.91 Å².